The molecule has 1 aromatic carbocycles. The minimum atomic E-state index is -3.99. The summed E-state index contributed by atoms with van der Waals surface area (Å²) in [5.74, 6) is 0.0731. The molecule has 0 saturated heterocycles. The number of benzene rings is 1. The molecule has 2 aliphatic carbocycles. The molecule has 4 rings (SSSR count). The van der Waals surface area contributed by atoms with Crippen LogP contribution >= 0.6 is 0 Å². The number of nitrogens with one attached hydrogen (secondary N) is 1. The monoisotopic (exact) mass is 543 g/mol. The van der Waals surface area contributed by atoms with Crippen molar-refractivity contribution in [2.45, 2.75) is 82.4 Å². The molecule has 10 heteroatoms. The Kier molecular flexibility index (Phi) is 8.20. The fourth-order valence-corrected chi connectivity index (χ4v) is 5.69. The first-order valence-electron chi connectivity index (χ1n) is 13.0. The molecule has 1 fully saturated rings. The molecular formula is C28H37N3O6S. The highest BCUT2D eigenvalue weighted by atomic mass is 32.2. The van der Waals surface area contributed by atoms with Crippen molar-refractivity contribution < 1.29 is 27.5 Å². The third-order valence-corrected chi connectivity index (χ3v) is 7.93. The van der Waals surface area contributed by atoms with Gasteiger partial charge in [-0.3, -0.25) is 4.79 Å². The predicted molar refractivity (Wildman–Crippen MR) is 144 cm³/mol. The standard InChI is InChI=1S/C28H37N3O6S/c1-28(2,3)37-27(33)30(4)17-20-15-25(21-9-6-5-7-10-21)31(18-20)38(34,35)24-12-8-11-23(16-24)36-19-26(32)29-22-13-14-22/h8-9,11-12,15-16,18,22H,5-7,10,13-14,17,19H2,1-4H3,(H,29,32). The van der Waals surface area contributed by atoms with Crippen LogP contribution in [0.15, 0.2) is 47.5 Å². The van der Waals surface area contributed by atoms with Gasteiger partial charge in [0.2, 0.25) is 0 Å². The van der Waals surface area contributed by atoms with Crippen molar-refractivity contribution in [3.8, 4) is 5.75 Å². The maximum atomic E-state index is 13.9. The van der Waals surface area contributed by atoms with Crippen LogP contribution in [0.4, 0.5) is 4.79 Å². The number of carbonyl (C=O) groups excluding carboxylic acids is 2. The van der Waals surface area contributed by atoms with Gasteiger partial charge in [-0.25, -0.2) is 17.2 Å². The summed E-state index contributed by atoms with van der Waals surface area (Å²) in [5, 5.41) is 2.85. The van der Waals surface area contributed by atoms with Gasteiger partial charge in [0.05, 0.1) is 17.1 Å². The van der Waals surface area contributed by atoms with E-state index >= 15 is 0 Å². The second-order valence-corrected chi connectivity index (χ2v) is 12.8. The van der Waals surface area contributed by atoms with Crippen molar-refractivity contribution in [3.63, 3.8) is 0 Å². The molecule has 0 unspecified atom stereocenters. The largest absolute Gasteiger partial charge is 0.484 e. The van der Waals surface area contributed by atoms with Crippen LogP contribution in [-0.2, 0) is 26.1 Å². The molecule has 38 heavy (non-hydrogen) atoms. The van der Waals surface area contributed by atoms with E-state index in [0.717, 1.165) is 44.1 Å². The molecule has 0 aliphatic heterocycles. The smallest absolute Gasteiger partial charge is 0.410 e. The summed E-state index contributed by atoms with van der Waals surface area (Å²) in [6.07, 6.45) is 8.84. The van der Waals surface area contributed by atoms with Crippen LogP contribution < -0.4 is 10.1 Å². The summed E-state index contributed by atoms with van der Waals surface area (Å²) < 4.78 is 40.0. The first-order chi connectivity index (χ1) is 17.9. The number of hydrogen-bond acceptors (Lipinski definition) is 6. The lowest BCUT2D eigenvalue weighted by molar-refractivity contribution is -0.123. The number of rotatable bonds is 9. The van der Waals surface area contributed by atoms with Crippen molar-refractivity contribution in [2.75, 3.05) is 13.7 Å². The molecule has 2 aliphatic rings. The Labute approximate surface area is 224 Å². The van der Waals surface area contributed by atoms with Crippen LogP contribution in [0.2, 0.25) is 0 Å². The molecule has 9 nitrogen and oxygen atoms in total. The Balaban J connectivity index is 1.59. The molecule has 2 aromatic rings. The van der Waals surface area contributed by atoms with Crippen LogP contribution in [0.3, 0.4) is 0 Å². The van der Waals surface area contributed by atoms with Gasteiger partial charge in [-0.05, 0) is 88.6 Å². The first-order valence-corrected chi connectivity index (χ1v) is 14.5. The highest BCUT2D eigenvalue weighted by molar-refractivity contribution is 7.90. The lowest BCUT2D eigenvalue weighted by atomic mass is 9.97. The van der Waals surface area contributed by atoms with Gasteiger partial charge in [0.25, 0.3) is 15.9 Å². The van der Waals surface area contributed by atoms with E-state index in [1.54, 1.807) is 46.1 Å². The van der Waals surface area contributed by atoms with Crippen LogP contribution in [0.25, 0.3) is 5.57 Å². The topological polar surface area (TPSA) is 107 Å². The summed E-state index contributed by atoms with van der Waals surface area (Å²) in [6.45, 7) is 5.41. The summed E-state index contributed by atoms with van der Waals surface area (Å²) in [5.41, 5.74) is 1.60. The number of allylic oxidation sites excluding steroid dienone is 2. The van der Waals surface area contributed by atoms with E-state index in [2.05, 4.69) is 11.4 Å². The third-order valence-electron chi connectivity index (χ3n) is 6.26. The third kappa shape index (κ3) is 7.18. The fraction of sp³-hybridized carbons (Fsp3) is 0.500. The van der Waals surface area contributed by atoms with Crippen molar-refractivity contribution in [2.24, 2.45) is 0 Å². The molecule has 1 heterocycles. The average molecular weight is 544 g/mol. The van der Waals surface area contributed by atoms with Crippen LogP contribution in [-0.4, -0.2) is 54.6 Å². The second kappa shape index (κ2) is 11.2. The molecule has 0 radical (unpaired) electrons. The lowest BCUT2D eigenvalue weighted by Gasteiger charge is -2.24. The van der Waals surface area contributed by atoms with Gasteiger partial charge in [0.15, 0.2) is 6.61 Å². The van der Waals surface area contributed by atoms with Crippen molar-refractivity contribution in [3.05, 3.63) is 53.9 Å². The number of nitrogens with zero attached hydrogens (tertiary/aromatic N) is 2. The molecule has 206 valence electrons. The van der Waals surface area contributed by atoms with Gasteiger partial charge in [0.1, 0.15) is 11.4 Å². The fourth-order valence-electron chi connectivity index (χ4n) is 4.25. The zero-order valence-electron chi connectivity index (χ0n) is 22.5. The van der Waals surface area contributed by atoms with E-state index in [1.165, 1.54) is 21.0 Å². The average Bonchev–Trinajstić information content (AvgIpc) is 3.57. The molecule has 1 N–H and O–H groups in total. The molecule has 1 saturated carbocycles. The van der Waals surface area contributed by atoms with Crippen molar-refractivity contribution >= 4 is 27.6 Å². The minimum Gasteiger partial charge on any atom is -0.484 e. The Bertz CT molecular complexity index is 1320. The summed E-state index contributed by atoms with van der Waals surface area (Å²) in [6, 6.07) is 8.23. The van der Waals surface area contributed by atoms with Gasteiger partial charge >= 0.3 is 6.09 Å². The number of amides is 2. The Hall–Kier alpha value is -3.27. The zero-order chi connectivity index (χ0) is 27.5. The van der Waals surface area contributed by atoms with Crippen LogP contribution in [0.1, 0.15) is 70.6 Å². The summed E-state index contributed by atoms with van der Waals surface area (Å²) in [4.78, 5) is 26.0. The Morgan fingerprint density at radius 3 is 2.58 bits per heavy atom. The van der Waals surface area contributed by atoms with E-state index in [-0.39, 0.29) is 30.0 Å². The summed E-state index contributed by atoms with van der Waals surface area (Å²) in [7, 11) is -2.37. The molecule has 1 aromatic heterocycles. The SMILES string of the molecule is CN(Cc1cc(C2=CCCCC2)n(S(=O)(=O)c2cccc(OCC(=O)NC3CC3)c2)c1)C(=O)OC(C)(C)C. The van der Waals surface area contributed by atoms with E-state index < -0.39 is 21.7 Å². The quantitative estimate of drug-likeness (QED) is 0.491. The minimum absolute atomic E-state index is 0.0536. The number of hydrogen-bond donors (Lipinski definition) is 1. The second-order valence-electron chi connectivity index (χ2n) is 11.0. The lowest BCUT2D eigenvalue weighted by Crippen LogP contribution is -2.33. The zero-order valence-corrected chi connectivity index (χ0v) is 23.3. The van der Waals surface area contributed by atoms with Crippen molar-refractivity contribution in [1.82, 2.24) is 14.2 Å². The van der Waals surface area contributed by atoms with Gasteiger partial charge < -0.3 is 19.7 Å². The maximum absolute atomic E-state index is 13.9. The molecule has 0 atom stereocenters. The summed E-state index contributed by atoms with van der Waals surface area (Å²) >= 11 is 0. The van der Waals surface area contributed by atoms with E-state index in [1.807, 2.05) is 6.07 Å². The number of aromatic nitrogens is 1. The predicted octanol–water partition coefficient (Wildman–Crippen LogP) is 4.71. The van der Waals surface area contributed by atoms with E-state index in [4.69, 9.17) is 9.47 Å². The maximum Gasteiger partial charge on any atom is 0.410 e. The highest BCUT2D eigenvalue weighted by Gasteiger charge is 2.26. The van der Waals surface area contributed by atoms with Gasteiger partial charge in [-0.1, -0.05) is 12.1 Å². The number of carbonyl (C=O) groups is 2. The first kappa shape index (κ1) is 27.8. The highest BCUT2D eigenvalue weighted by Crippen LogP contribution is 2.32. The van der Waals surface area contributed by atoms with E-state index in [0.29, 0.717) is 17.0 Å². The molecule has 0 spiro atoms. The van der Waals surface area contributed by atoms with Crippen LogP contribution in [0.5, 0.6) is 5.75 Å². The Morgan fingerprint density at radius 2 is 1.92 bits per heavy atom. The molecular weight excluding hydrogens is 506 g/mol. The van der Waals surface area contributed by atoms with Crippen molar-refractivity contribution in [1.29, 1.82) is 0 Å². The van der Waals surface area contributed by atoms with Gasteiger partial charge in [-0.15, -0.1) is 0 Å². The van der Waals surface area contributed by atoms with Gasteiger partial charge in [-0.2, -0.15) is 0 Å². The van der Waals surface area contributed by atoms with Gasteiger partial charge in [0, 0.05) is 25.4 Å². The number of ether oxygens (including phenoxy) is 2. The normalized spacial score (nSPS) is 15.9. The van der Waals surface area contributed by atoms with E-state index in [9.17, 15) is 18.0 Å². The van der Waals surface area contributed by atoms with Crippen LogP contribution in [0, 0.1) is 0 Å². The molecule has 0 bridgehead atoms. The Morgan fingerprint density at radius 1 is 1.16 bits per heavy atom. The molecule has 2 amide bonds.